The monoisotopic (exact) mass is 239 g/mol. The van der Waals surface area contributed by atoms with Crippen LogP contribution in [0.4, 0.5) is 0 Å². The Hall–Kier alpha value is -0.120. The molecule has 2 fully saturated rings. The fraction of sp³-hybridized carbons (Fsp3) is 1.00. The SMILES string of the molecule is CCC1(CN2CCCC2CN(C)C)CCCN1. The summed E-state index contributed by atoms with van der Waals surface area (Å²) >= 11 is 0. The molecule has 0 amide bonds. The largest absolute Gasteiger partial charge is 0.310 e. The van der Waals surface area contributed by atoms with Gasteiger partial charge >= 0.3 is 0 Å². The summed E-state index contributed by atoms with van der Waals surface area (Å²) in [5.74, 6) is 0. The van der Waals surface area contributed by atoms with Crippen molar-refractivity contribution < 1.29 is 0 Å². The minimum Gasteiger partial charge on any atom is -0.310 e. The zero-order chi connectivity index (χ0) is 12.3. The summed E-state index contributed by atoms with van der Waals surface area (Å²) in [7, 11) is 4.39. The van der Waals surface area contributed by atoms with Gasteiger partial charge in [0.15, 0.2) is 0 Å². The van der Waals surface area contributed by atoms with Crippen LogP contribution in [0.15, 0.2) is 0 Å². The zero-order valence-corrected chi connectivity index (χ0v) is 11.8. The second kappa shape index (κ2) is 5.68. The fourth-order valence-electron chi connectivity index (χ4n) is 3.54. The van der Waals surface area contributed by atoms with Gasteiger partial charge in [-0.2, -0.15) is 0 Å². The van der Waals surface area contributed by atoms with Gasteiger partial charge in [0.05, 0.1) is 0 Å². The van der Waals surface area contributed by atoms with Gasteiger partial charge in [0.1, 0.15) is 0 Å². The molecular formula is C14H29N3. The van der Waals surface area contributed by atoms with E-state index in [1.54, 1.807) is 0 Å². The number of hydrogen-bond acceptors (Lipinski definition) is 3. The molecule has 0 aromatic carbocycles. The van der Waals surface area contributed by atoms with Crippen molar-refractivity contribution in [2.75, 3.05) is 40.3 Å². The van der Waals surface area contributed by atoms with E-state index in [1.165, 1.54) is 58.3 Å². The first-order valence-corrected chi connectivity index (χ1v) is 7.29. The van der Waals surface area contributed by atoms with Gasteiger partial charge < -0.3 is 10.2 Å². The highest BCUT2D eigenvalue weighted by molar-refractivity contribution is 4.97. The highest BCUT2D eigenvalue weighted by atomic mass is 15.2. The Kier molecular flexibility index (Phi) is 4.45. The molecule has 2 saturated heterocycles. The van der Waals surface area contributed by atoms with Crippen LogP contribution in [-0.4, -0.2) is 61.7 Å². The average Bonchev–Trinajstić information content (AvgIpc) is 2.90. The first-order valence-electron chi connectivity index (χ1n) is 7.29. The van der Waals surface area contributed by atoms with Crippen LogP contribution < -0.4 is 5.32 Å². The molecule has 0 saturated carbocycles. The second-order valence-corrected chi connectivity index (χ2v) is 6.19. The van der Waals surface area contributed by atoms with Gasteiger partial charge in [-0.15, -0.1) is 0 Å². The summed E-state index contributed by atoms with van der Waals surface area (Å²) in [6.45, 7) is 7.36. The second-order valence-electron chi connectivity index (χ2n) is 6.19. The highest BCUT2D eigenvalue weighted by Crippen LogP contribution is 2.28. The van der Waals surface area contributed by atoms with Crippen LogP contribution in [0.3, 0.4) is 0 Å². The maximum atomic E-state index is 3.77. The Morgan fingerprint density at radius 2 is 2.18 bits per heavy atom. The zero-order valence-electron chi connectivity index (χ0n) is 11.8. The van der Waals surface area contributed by atoms with E-state index < -0.39 is 0 Å². The van der Waals surface area contributed by atoms with Gasteiger partial charge in [-0.1, -0.05) is 6.92 Å². The molecule has 2 heterocycles. The van der Waals surface area contributed by atoms with Crippen LogP contribution >= 0.6 is 0 Å². The van der Waals surface area contributed by atoms with Crippen LogP contribution in [0.2, 0.25) is 0 Å². The van der Waals surface area contributed by atoms with E-state index in [9.17, 15) is 0 Å². The Morgan fingerprint density at radius 3 is 2.76 bits per heavy atom. The van der Waals surface area contributed by atoms with Crippen molar-refractivity contribution in [2.24, 2.45) is 0 Å². The molecule has 2 aliphatic rings. The standard InChI is InChI=1S/C14H29N3/c1-4-14(8-6-9-15-14)12-17-10-5-7-13(17)11-16(2)3/h13,15H,4-12H2,1-3H3. The number of hydrogen-bond donors (Lipinski definition) is 1. The topological polar surface area (TPSA) is 18.5 Å². The van der Waals surface area contributed by atoms with E-state index in [1.807, 2.05) is 0 Å². The van der Waals surface area contributed by atoms with Crippen LogP contribution in [0.5, 0.6) is 0 Å². The molecule has 0 bridgehead atoms. The molecule has 1 N–H and O–H groups in total. The van der Waals surface area contributed by atoms with Crippen LogP contribution in [0.1, 0.15) is 39.0 Å². The summed E-state index contributed by atoms with van der Waals surface area (Å²) in [5.41, 5.74) is 0.425. The molecule has 2 aliphatic heterocycles. The molecule has 3 heteroatoms. The molecule has 2 atom stereocenters. The predicted octanol–water partition coefficient (Wildman–Crippen LogP) is 1.54. The lowest BCUT2D eigenvalue weighted by molar-refractivity contribution is 0.153. The Balaban J connectivity index is 1.92. The van der Waals surface area contributed by atoms with Crippen molar-refractivity contribution in [3.8, 4) is 0 Å². The number of nitrogens with one attached hydrogen (secondary N) is 1. The number of nitrogens with zero attached hydrogens (tertiary/aromatic N) is 2. The third kappa shape index (κ3) is 3.21. The summed E-state index contributed by atoms with van der Waals surface area (Å²) in [6.07, 6.45) is 6.78. The molecule has 0 aromatic rings. The summed E-state index contributed by atoms with van der Waals surface area (Å²) < 4.78 is 0. The molecule has 3 nitrogen and oxygen atoms in total. The summed E-state index contributed by atoms with van der Waals surface area (Å²) in [6, 6.07) is 0.788. The lowest BCUT2D eigenvalue weighted by atomic mass is 9.93. The molecule has 2 rings (SSSR count). The predicted molar refractivity (Wildman–Crippen MR) is 73.4 cm³/mol. The van der Waals surface area contributed by atoms with E-state index in [4.69, 9.17) is 0 Å². The lowest BCUT2D eigenvalue weighted by Crippen LogP contribution is -2.52. The molecule has 0 aliphatic carbocycles. The quantitative estimate of drug-likeness (QED) is 0.785. The van der Waals surface area contributed by atoms with Crippen molar-refractivity contribution in [3.63, 3.8) is 0 Å². The molecule has 0 aromatic heterocycles. The van der Waals surface area contributed by atoms with Crippen LogP contribution in [0.25, 0.3) is 0 Å². The van der Waals surface area contributed by atoms with Crippen LogP contribution in [-0.2, 0) is 0 Å². The summed E-state index contributed by atoms with van der Waals surface area (Å²) in [4.78, 5) is 5.07. The van der Waals surface area contributed by atoms with E-state index >= 15 is 0 Å². The number of rotatable bonds is 5. The Bertz CT molecular complexity index is 234. The number of likely N-dealkylation sites (N-methyl/N-ethyl adjacent to an activating group) is 1. The van der Waals surface area contributed by atoms with Gasteiger partial charge in [-0.25, -0.2) is 0 Å². The normalized spacial score (nSPS) is 34.9. The maximum Gasteiger partial charge on any atom is 0.0306 e. The van der Waals surface area contributed by atoms with Crippen molar-refractivity contribution in [2.45, 2.75) is 50.6 Å². The average molecular weight is 239 g/mol. The van der Waals surface area contributed by atoms with Gasteiger partial charge in [0.25, 0.3) is 0 Å². The van der Waals surface area contributed by atoms with Gasteiger partial charge in [0, 0.05) is 24.7 Å². The molecule has 2 unspecified atom stereocenters. The van der Waals surface area contributed by atoms with E-state index in [2.05, 4.69) is 36.1 Å². The molecule has 100 valence electrons. The van der Waals surface area contributed by atoms with Crippen molar-refractivity contribution in [3.05, 3.63) is 0 Å². The van der Waals surface area contributed by atoms with Gasteiger partial charge in [0.2, 0.25) is 0 Å². The minimum atomic E-state index is 0.425. The first kappa shape index (κ1) is 13.3. The third-order valence-electron chi connectivity index (χ3n) is 4.59. The highest BCUT2D eigenvalue weighted by Gasteiger charge is 2.36. The van der Waals surface area contributed by atoms with Crippen molar-refractivity contribution >= 4 is 0 Å². The third-order valence-corrected chi connectivity index (χ3v) is 4.59. The molecular weight excluding hydrogens is 210 g/mol. The van der Waals surface area contributed by atoms with Gasteiger partial charge in [-0.3, -0.25) is 4.90 Å². The van der Waals surface area contributed by atoms with Crippen LogP contribution in [0, 0.1) is 0 Å². The molecule has 17 heavy (non-hydrogen) atoms. The maximum absolute atomic E-state index is 3.77. The lowest BCUT2D eigenvalue weighted by Gasteiger charge is -2.36. The number of likely N-dealkylation sites (tertiary alicyclic amines) is 1. The fourth-order valence-corrected chi connectivity index (χ4v) is 3.54. The van der Waals surface area contributed by atoms with E-state index in [-0.39, 0.29) is 0 Å². The smallest absolute Gasteiger partial charge is 0.0306 e. The van der Waals surface area contributed by atoms with Gasteiger partial charge in [-0.05, 0) is 59.3 Å². The Morgan fingerprint density at radius 1 is 1.35 bits per heavy atom. The first-order chi connectivity index (χ1) is 8.15. The minimum absolute atomic E-state index is 0.425. The summed E-state index contributed by atoms with van der Waals surface area (Å²) in [5, 5.41) is 3.77. The molecule has 0 radical (unpaired) electrons. The van der Waals surface area contributed by atoms with Crippen molar-refractivity contribution in [1.29, 1.82) is 0 Å². The molecule has 0 spiro atoms. The van der Waals surface area contributed by atoms with Crippen molar-refractivity contribution in [1.82, 2.24) is 15.1 Å². The van der Waals surface area contributed by atoms with E-state index in [0.717, 1.165) is 6.04 Å². The van der Waals surface area contributed by atoms with E-state index in [0.29, 0.717) is 5.54 Å². The Labute approximate surface area is 107 Å².